The van der Waals surface area contributed by atoms with E-state index in [1.165, 1.54) is 0 Å². The highest BCUT2D eigenvalue weighted by molar-refractivity contribution is 6.13. The first-order chi connectivity index (χ1) is 6.20. The van der Waals surface area contributed by atoms with Gasteiger partial charge < -0.3 is 14.8 Å². The highest BCUT2D eigenvalue weighted by Gasteiger charge is 2.26. The van der Waals surface area contributed by atoms with Crippen LogP contribution in [0.5, 0.6) is 0 Å². The molecule has 0 spiro atoms. The molecule has 5 heteroatoms. The van der Waals surface area contributed by atoms with Crippen molar-refractivity contribution in [3.8, 4) is 0 Å². The summed E-state index contributed by atoms with van der Waals surface area (Å²) >= 11 is 0. The van der Waals surface area contributed by atoms with Gasteiger partial charge in [0.1, 0.15) is 0 Å². The first-order valence-corrected chi connectivity index (χ1v) is 5.73. The van der Waals surface area contributed by atoms with Crippen LogP contribution in [0.3, 0.4) is 0 Å². The van der Waals surface area contributed by atoms with Crippen LogP contribution in [-0.2, 0) is 9.47 Å². The van der Waals surface area contributed by atoms with E-state index in [0.29, 0.717) is 0 Å². The Morgan fingerprint density at radius 1 is 1.31 bits per heavy atom. The van der Waals surface area contributed by atoms with Crippen LogP contribution < -0.4 is 5.32 Å². The molecule has 1 saturated heterocycles. The number of rotatable bonds is 4. The second-order valence-corrected chi connectivity index (χ2v) is 5.09. The molecule has 1 fully saturated rings. The monoisotopic (exact) mass is 204 g/mol. The minimum absolute atomic E-state index is 0.322. The fraction of sp³-hybridized carbons (Fsp3) is 1.00. The Morgan fingerprint density at radius 2 is 1.85 bits per heavy atom. The summed E-state index contributed by atoms with van der Waals surface area (Å²) in [6.07, 6.45) is 0. The van der Waals surface area contributed by atoms with E-state index in [2.05, 4.69) is 10.2 Å². The lowest BCUT2D eigenvalue weighted by Gasteiger charge is -2.35. The number of nitrogens with zero attached hydrogens (tertiary/aromatic N) is 1. The predicted molar refractivity (Wildman–Crippen MR) is 56.0 cm³/mol. The van der Waals surface area contributed by atoms with Crippen LogP contribution in [0.2, 0.25) is 0 Å². The third-order valence-corrected chi connectivity index (χ3v) is 3.72. The van der Waals surface area contributed by atoms with E-state index in [1.807, 2.05) is 0 Å². The maximum Gasteiger partial charge on any atom is 0.152 e. The van der Waals surface area contributed by atoms with Gasteiger partial charge in [0.2, 0.25) is 0 Å². The number of piperazine rings is 1. The van der Waals surface area contributed by atoms with E-state index in [9.17, 15) is 0 Å². The fourth-order valence-corrected chi connectivity index (χ4v) is 1.94. The third-order valence-electron chi connectivity index (χ3n) is 2.58. The Morgan fingerprint density at radius 3 is 2.31 bits per heavy atom. The molecule has 0 unspecified atom stereocenters. The molecule has 0 aromatic heterocycles. The summed E-state index contributed by atoms with van der Waals surface area (Å²) in [5, 5.41) is 3.32. The number of hydrogen-bond donors (Lipinski definition) is 1. The Labute approximate surface area is 83.0 Å². The van der Waals surface area contributed by atoms with Gasteiger partial charge in [-0.15, -0.1) is 0 Å². The van der Waals surface area contributed by atoms with E-state index in [4.69, 9.17) is 9.47 Å². The van der Waals surface area contributed by atoms with E-state index < -0.39 is 0 Å². The molecule has 1 aliphatic rings. The maximum absolute atomic E-state index is 5.37. The Kier molecular flexibility index (Phi) is 4.34. The van der Waals surface area contributed by atoms with Crippen molar-refractivity contribution < 1.29 is 9.47 Å². The molecule has 1 N–H and O–H groups in total. The average molecular weight is 204 g/mol. The van der Waals surface area contributed by atoms with Gasteiger partial charge >= 0.3 is 0 Å². The summed E-state index contributed by atoms with van der Waals surface area (Å²) in [6.45, 7) is 5.23. The van der Waals surface area contributed by atoms with Crippen molar-refractivity contribution in [3.05, 3.63) is 0 Å². The van der Waals surface area contributed by atoms with Crippen molar-refractivity contribution in [3.63, 3.8) is 0 Å². The molecule has 1 heterocycles. The zero-order valence-electron chi connectivity index (χ0n) is 8.80. The van der Waals surface area contributed by atoms with Crippen molar-refractivity contribution in [1.29, 1.82) is 0 Å². The number of ether oxygens (including phenoxy) is 2. The van der Waals surface area contributed by atoms with Crippen LogP contribution in [0.25, 0.3) is 0 Å². The van der Waals surface area contributed by atoms with Gasteiger partial charge in [-0.3, -0.25) is 4.90 Å². The van der Waals surface area contributed by atoms with Gasteiger partial charge in [0, 0.05) is 46.9 Å². The van der Waals surface area contributed by atoms with Gasteiger partial charge in [0.25, 0.3) is 0 Å². The molecular weight excluding hydrogens is 184 g/mol. The SMILES string of the molecule is COC([SiH3])(CN1CCNCC1)OC. The van der Waals surface area contributed by atoms with Crippen molar-refractivity contribution in [2.45, 2.75) is 5.41 Å². The molecule has 0 radical (unpaired) electrons. The van der Waals surface area contributed by atoms with Gasteiger partial charge in [0.05, 0.1) is 10.2 Å². The minimum Gasteiger partial charge on any atom is -0.357 e. The predicted octanol–water partition coefficient (Wildman–Crippen LogP) is -1.80. The van der Waals surface area contributed by atoms with Gasteiger partial charge in [-0.25, -0.2) is 0 Å². The Hall–Kier alpha value is 0.0569. The first-order valence-electron chi connectivity index (χ1n) is 4.73. The highest BCUT2D eigenvalue weighted by Crippen LogP contribution is 2.08. The van der Waals surface area contributed by atoms with Crippen LogP contribution >= 0.6 is 0 Å². The minimum atomic E-state index is -0.322. The summed E-state index contributed by atoms with van der Waals surface area (Å²) in [6, 6.07) is 0. The molecule has 0 bridgehead atoms. The van der Waals surface area contributed by atoms with Crippen molar-refractivity contribution >= 4 is 10.2 Å². The molecule has 0 saturated carbocycles. The highest BCUT2D eigenvalue weighted by atomic mass is 28.1. The smallest absolute Gasteiger partial charge is 0.152 e. The summed E-state index contributed by atoms with van der Waals surface area (Å²) < 4.78 is 10.7. The molecule has 0 atom stereocenters. The lowest BCUT2D eigenvalue weighted by atomic mass is 10.3. The number of nitrogens with one attached hydrogen (secondary N) is 1. The molecule has 0 aliphatic carbocycles. The molecule has 13 heavy (non-hydrogen) atoms. The standard InChI is InChI=1S/C8H20N2O2Si/c1-11-8(13,12-2)7-10-5-3-9-4-6-10/h9H,3-7H2,1-2,13H3. The maximum atomic E-state index is 5.37. The Bertz CT molecular complexity index is 147. The molecule has 0 amide bonds. The van der Waals surface area contributed by atoms with Crippen LogP contribution in [0.1, 0.15) is 0 Å². The average Bonchev–Trinajstić information content (AvgIpc) is 2.19. The molecule has 1 aliphatic heterocycles. The Balaban J connectivity index is 2.35. The van der Waals surface area contributed by atoms with Crippen molar-refractivity contribution in [2.75, 3.05) is 46.9 Å². The number of hydrogen-bond acceptors (Lipinski definition) is 4. The lowest BCUT2D eigenvalue weighted by molar-refractivity contribution is -0.154. The zero-order valence-corrected chi connectivity index (χ0v) is 10.8. The van der Waals surface area contributed by atoms with Gasteiger partial charge in [-0.05, 0) is 0 Å². The molecule has 78 valence electrons. The summed E-state index contributed by atoms with van der Waals surface area (Å²) in [4.78, 5) is 2.39. The van der Waals surface area contributed by atoms with E-state index in [1.54, 1.807) is 14.2 Å². The summed E-state index contributed by atoms with van der Waals surface area (Å²) in [5.74, 6) is 0. The first kappa shape index (κ1) is 11.1. The second kappa shape index (κ2) is 5.07. The van der Waals surface area contributed by atoms with Gasteiger partial charge in [-0.1, -0.05) is 0 Å². The molecule has 0 aromatic carbocycles. The van der Waals surface area contributed by atoms with Crippen molar-refractivity contribution in [1.82, 2.24) is 10.2 Å². The molecular formula is C8H20N2O2Si. The van der Waals surface area contributed by atoms with Crippen molar-refractivity contribution in [2.24, 2.45) is 0 Å². The van der Waals surface area contributed by atoms with E-state index in [-0.39, 0.29) is 5.41 Å². The van der Waals surface area contributed by atoms with Crippen LogP contribution in [0.4, 0.5) is 0 Å². The fourth-order valence-electron chi connectivity index (χ4n) is 1.49. The molecule has 1 rings (SSSR count). The third kappa shape index (κ3) is 3.36. The molecule has 0 aromatic rings. The summed E-state index contributed by atoms with van der Waals surface area (Å²) in [5.41, 5.74) is -0.322. The molecule has 4 nitrogen and oxygen atoms in total. The normalized spacial score (nSPS) is 20.8. The topological polar surface area (TPSA) is 33.7 Å². The van der Waals surface area contributed by atoms with Crippen LogP contribution in [0, 0.1) is 0 Å². The van der Waals surface area contributed by atoms with E-state index in [0.717, 1.165) is 43.0 Å². The largest absolute Gasteiger partial charge is 0.357 e. The second-order valence-electron chi connectivity index (χ2n) is 3.57. The van der Waals surface area contributed by atoms with Gasteiger partial charge in [-0.2, -0.15) is 0 Å². The van der Waals surface area contributed by atoms with Crippen LogP contribution in [-0.4, -0.2) is 67.5 Å². The van der Waals surface area contributed by atoms with Crippen LogP contribution in [0.15, 0.2) is 0 Å². The van der Waals surface area contributed by atoms with Gasteiger partial charge in [0.15, 0.2) is 5.41 Å². The zero-order chi connectivity index (χ0) is 9.73. The van der Waals surface area contributed by atoms with E-state index >= 15 is 0 Å². The lowest BCUT2D eigenvalue weighted by Crippen LogP contribution is -2.52. The quantitative estimate of drug-likeness (QED) is 0.433. The number of methoxy groups -OCH3 is 2. The summed E-state index contributed by atoms with van der Waals surface area (Å²) in [7, 11) is 4.34.